The zero-order chi connectivity index (χ0) is 25.1. The molecule has 2 aromatic rings. The third-order valence-electron chi connectivity index (χ3n) is 7.37. The number of nitrogens with zero attached hydrogens (tertiary/aromatic N) is 3. The first-order chi connectivity index (χ1) is 17.5. The molecular weight excluding hydrogens is 461 g/mol. The lowest BCUT2D eigenvalue weighted by Crippen LogP contribution is -2.58. The quantitative estimate of drug-likeness (QED) is 0.595. The van der Waals surface area contributed by atoms with Gasteiger partial charge in [0.25, 0.3) is 5.91 Å². The Morgan fingerprint density at radius 2 is 1.78 bits per heavy atom. The molecule has 3 fully saturated rings. The van der Waals surface area contributed by atoms with E-state index in [1.54, 1.807) is 30.2 Å². The van der Waals surface area contributed by atoms with Crippen LogP contribution < -0.4 is 9.64 Å². The van der Waals surface area contributed by atoms with Crippen LogP contribution >= 0.6 is 0 Å². The van der Waals surface area contributed by atoms with Crippen LogP contribution in [-0.2, 0) is 14.3 Å². The maximum absolute atomic E-state index is 14.3. The van der Waals surface area contributed by atoms with E-state index in [1.807, 2.05) is 29.2 Å². The number of carbonyl (C=O) groups excluding carboxylic acids is 2. The molecule has 5 rings (SSSR count). The molecule has 1 aliphatic carbocycles. The summed E-state index contributed by atoms with van der Waals surface area (Å²) < 4.78 is 25.8. The molecule has 190 valence electrons. The summed E-state index contributed by atoms with van der Waals surface area (Å²) >= 11 is 0. The molecule has 0 aromatic heterocycles. The highest BCUT2D eigenvalue weighted by Crippen LogP contribution is 2.34. The smallest absolute Gasteiger partial charge is 0.289 e. The van der Waals surface area contributed by atoms with E-state index in [-0.39, 0.29) is 36.3 Å². The zero-order valence-corrected chi connectivity index (χ0v) is 20.6. The second kappa shape index (κ2) is 10.6. The van der Waals surface area contributed by atoms with Crippen LogP contribution in [0, 0.1) is 5.82 Å². The predicted octanol–water partition coefficient (Wildman–Crippen LogP) is 3.69. The van der Waals surface area contributed by atoms with E-state index >= 15 is 0 Å². The Morgan fingerprint density at radius 3 is 2.56 bits per heavy atom. The van der Waals surface area contributed by atoms with Crippen LogP contribution in [0.5, 0.6) is 5.75 Å². The van der Waals surface area contributed by atoms with E-state index in [4.69, 9.17) is 9.47 Å². The molecule has 0 spiro atoms. The number of piperazine rings is 1. The molecule has 0 bridgehead atoms. The molecule has 3 aliphatic rings. The number of amides is 2. The number of ether oxygens (including phenoxy) is 2. The third kappa shape index (κ3) is 4.90. The molecule has 2 unspecified atom stereocenters. The van der Waals surface area contributed by atoms with Gasteiger partial charge in [-0.1, -0.05) is 36.8 Å². The van der Waals surface area contributed by atoms with Crippen molar-refractivity contribution in [3.63, 3.8) is 0 Å². The minimum atomic E-state index is -0.414. The third-order valence-corrected chi connectivity index (χ3v) is 7.37. The molecule has 2 saturated heterocycles. The highest BCUT2D eigenvalue weighted by Gasteiger charge is 2.42. The van der Waals surface area contributed by atoms with Crippen LogP contribution in [0.25, 0.3) is 6.08 Å². The van der Waals surface area contributed by atoms with E-state index in [1.165, 1.54) is 12.1 Å². The van der Waals surface area contributed by atoms with E-state index in [2.05, 4.69) is 4.90 Å². The van der Waals surface area contributed by atoms with Gasteiger partial charge in [-0.2, -0.15) is 0 Å². The molecule has 2 atom stereocenters. The Labute approximate surface area is 211 Å². The summed E-state index contributed by atoms with van der Waals surface area (Å²) in [5.41, 5.74) is 1.32. The summed E-state index contributed by atoms with van der Waals surface area (Å²) in [5.74, 6) is 0.0929. The van der Waals surface area contributed by atoms with Gasteiger partial charge < -0.3 is 24.2 Å². The van der Waals surface area contributed by atoms with Crippen molar-refractivity contribution in [2.45, 2.75) is 37.8 Å². The first-order valence-electron chi connectivity index (χ1n) is 12.6. The van der Waals surface area contributed by atoms with Crippen molar-refractivity contribution in [1.82, 2.24) is 9.80 Å². The molecule has 2 heterocycles. The van der Waals surface area contributed by atoms with E-state index in [0.29, 0.717) is 31.7 Å². The number of morpholine rings is 1. The molecular formula is C28H32FN3O4. The monoisotopic (exact) mass is 493 g/mol. The Kier molecular flexibility index (Phi) is 7.11. The molecule has 7 nitrogen and oxygen atoms in total. The van der Waals surface area contributed by atoms with Crippen LogP contribution in [0.1, 0.15) is 31.2 Å². The van der Waals surface area contributed by atoms with Gasteiger partial charge in [-0.3, -0.25) is 9.59 Å². The van der Waals surface area contributed by atoms with Crippen molar-refractivity contribution in [3.05, 3.63) is 65.7 Å². The van der Waals surface area contributed by atoms with Gasteiger partial charge in [-0.05, 0) is 43.5 Å². The molecule has 2 amide bonds. The number of hydrogen-bond acceptors (Lipinski definition) is 5. The van der Waals surface area contributed by atoms with Crippen molar-refractivity contribution in [2.24, 2.45) is 0 Å². The predicted molar refractivity (Wildman–Crippen MR) is 135 cm³/mol. The number of anilines is 1. The molecule has 36 heavy (non-hydrogen) atoms. The molecule has 2 aliphatic heterocycles. The molecule has 0 N–H and O–H groups in total. The van der Waals surface area contributed by atoms with Gasteiger partial charge in [0, 0.05) is 31.7 Å². The van der Waals surface area contributed by atoms with Crippen molar-refractivity contribution >= 4 is 23.6 Å². The van der Waals surface area contributed by atoms with Gasteiger partial charge in [0.2, 0.25) is 5.91 Å². The summed E-state index contributed by atoms with van der Waals surface area (Å²) in [7, 11) is 1.66. The fourth-order valence-corrected chi connectivity index (χ4v) is 5.43. The van der Waals surface area contributed by atoms with Gasteiger partial charge in [-0.25, -0.2) is 4.39 Å². The lowest BCUT2D eigenvalue weighted by atomic mass is 9.89. The highest BCUT2D eigenvalue weighted by atomic mass is 19.1. The van der Waals surface area contributed by atoms with Gasteiger partial charge in [0.1, 0.15) is 24.2 Å². The van der Waals surface area contributed by atoms with E-state index in [9.17, 15) is 14.0 Å². The van der Waals surface area contributed by atoms with E-state index in [0.717, 1.165) is 37.1 Å². The summed E-state index contributed by atoms with van der Waals surface area (Å²) in [6, 6.07) is 14.0. The fourth-order valence-electron chi connectivity index (χ4n) is 5.43. The molecule has 0 radical (unpaired) electrons. The second-order valence-electron chi connectivity index (χ2n) is 9.51. The van der Waals surface area contributed by atoms with Crippen molar-refractivity contribution < 1.29 is 23.5 Å². The summed E-state index contributed by atoms with van der Waals surface area (Å²) in [5, 5.41) is 0. The molecule has 1 saturated carbocycles. The second-order valence-corrected chi connectivity index (χ2v) is 9.51. The molecule has 8 heteroatoms. The first kappa shape index (κ1) is 24.2. The number of methoxy groups -OCH3 is 1. The van der Waals surface area contributed by atoms with Crippen LogP contribution in [0.4, 0.5) is 10.1 Å². The van der Waals surface area contributed by atoms with Crippen molar-refractivity contribution in [1.29, 1.82) is 0 Å². The maximum atomic E-state index is 14.3. The zero-order valence-electron chi connectivity index (χ0n) is 20.6. The number of benzene rings is 2. The topological polar surface area (TPSA) is 62.3 Å². The average Bonchev–Trinajstić information content (AvgIpc) is 2.92. The largest absolute Gasteiger partial charge is 0.495 e. The van der Waals surface area contributed by atoms with Gasteiger partial charge in [0.05, 0.1) is 18.8 Å². The van der Waals surface area contributed by atoms with Gasteiger partial charge in [-0.15, -0.1) is 0 Å². The number of para-hydroxylation sites is 2. The lowest BCUT2D eigenvalue weighted by Gasteiger charge is -2.45. The Hall–Kier alpha value is -3.55. The minimum absolute atomic E-state index is 0.00658. The van der Waals surface area contributed by atoms with Crippen molar-refractivity contribution in [3.8, 4) is 5.75 Å². The fraction of sp³-hybridized carbons (Fsp3) is 0.429. The Balaban J connectivity index is 1.29. The standard InChI is InChI=1S/C28H32FN3O4/c1-35-24-12-6-4-10-22(24)30-14-16-31(17-15-30)27(33)19-32-23-11-5-7-13-25(23)36-26(28(32)34)18-20-8-2-3-9-21(20)29/h2-4,6,8-10,12,18,23,25H,5,7,11,13-17,19H2,1H3/b26-18+. The van der Waals surface area contributed by atoms with Crippen LogP contribution in [0.15, 0.2) is 54.3 Å². The average molecular weight is 494 g/mol. The Bertz CT molecular complexity index is 1150. The van der Waals surface area contributed by atoms with Crippen LogP contribution in [-0.4, -0.2) is 73.6 Å². The SMILES string of the molecule is COc1ccccc1N1CCN(C(=O)CN2C(=O)/C(=C\c3ccccc3F)OC3CCCCC32)CC1. The van der Waals surface area contributed by atoms with Gasteiger partial charge in [0.15, 0.2) is 5.76 Å². The lowest BCUT2D eigenvalue weighted by molar-refractivity contribution is -0.154. The van der Waals surface area contributed by atoms with E-state index < -0.39 is 5.82 Å². The highest BCUT2D eigenvalue weighted by molar-refractivity contribution is 5.98. The first-order valence-corrected chi connectivity index (χ1v) is 12.6. The van der Waals surface area contributed by atoms with Crippen LogP contribution in [0.2, 0.25) is 0 Å². The van der Waals surface area contributed by atoms with Gasteiger partial charge >= 0.3 is 0 Å². The summed E-state index contributed by atoms with van der Waals surface area (Å²) in [4.78, 5) is 32.5. The Morgan fingerprint density at radius 1 is 1.06 bits per heavy atom. The normalized spacial score (nSPS) is 23.3. The summed E-state index contributed by atoms with van der Waals surface area (Å²) in [6.07, 6.45) is 4.91. The minimum Gasteiger partial charge on any atom is -0.495 e. The summed E-state index contributed by atoms with van der Waals surface area (Å²) in [6.45, 7) is 2.52. The number of halogens is 1. The number of fused-ring (bicyclic) bond motifs is 1. The van der Waals surface area contributed by atoms with Crippen LogP contribution in [0.3, 0.4) is 0 Å². The molecule has 2 aromatic carbocycles. The maximum Gasteiger partial charge on any atom is 0.289 e. The number of carbonyl (C=O) groups is 2. The number of hydrogen-bond donors (Lipinski definition) is 0. The van der Waals surface area contributed by atoms with Crippen molar-refractivity contribution in [2.75, 3.05) is 44.7 Å². The number of rotatable bonds is 5.